The third-order valence-corrected chi connectivity index (χ3v) is 10.9. The van der Waals surface area contributed by atoms with Gasteiger partial charge in [-0.05, 0) is 81.6 Å². The molecule has 5 heterocycles. The third kappa shape index (κ3) is 6.35. The second-order valence-electron chi connectivity index (χ2n) is 12.6. The van der Waals surface area contributed by atoms with Gasteiger partial charge in [-0.25, -0.2) is 9.07 Å². The summed E-state index contributed by atoms with van der Waals surface area (Å²) >= 11 is 4.92. The highest BCUT2D eigenvalue weighted by atomic mass is 79.9. The van der Waals surface area contributed by atoms with E-state index >= 15 is 0 Å². The van der Waals surface area contributed by atoms with Gasteiger partial charge in [0.1, 0.15) is 16.7 Å². The van der Waals surface area contributed by atoms with E-state index in [0.717, 1.165) is 50.2 Å². The Balaban J connectivity index is 1.01. The number of fused-ring (bicyclic) bond motifs is 1. The van der Waals surface area contributed by atoms with Crippen LogP contribution in [0.1, 0.15) is 59.4 Å². The standard InChI is InChI=1S/C34H36BrFN8O2S/c1-21-16-40(33(46)31-15-29-23(3)38-44(34(29)47-31)18-24-6-10-26(36)11-7-24)17-22(2)42(21)19-27-20-43(39-37-27)30-5-4-14-41(32(30)45)28-12-8-25(35)9-13-28/h6-13,15,20-22,30H,4-5,14,16-19H2,1-3H3/t21-,22+,30?. The van der Waals surface area contributed by atoms with Crippen molar-refractivity contribution in [1.82, 2.24) is 34.6 Å². The topological polar surface area (TPSA) is 92.4 Å². The van der Waals surface area contributed by atoms with Gasteiger partial charge in [0.15, 0.2) is 0 Å². The van der Waals surface area contributed by atoms with Crippen molar-refractivity contribution in [3.05, 3.63) is 92.9 Å². The molecule has 13 heteroatoms. The molecule has 0 spiro atoms. The molecule has 2 aliphatic heterocycles. The van der Waals surface area contributed by atoms with E-state index in [4.69, 9.17) is 0 Å². The average molecular weight is 720 g/mol. The van der Waals surface area contributed by atoms with Crippen LogP contribution >= 0.6 is 27.3 Å². The van der Waals surface area contributed by atoms with Gasteiger partial charge in [-0.3, -0.25) is 19.2 Å². The highest BCUT2D eigenvalue weighted by Gasteiger charge is 2.35. The van der Waals surface area contributed by atoms with Gasteiger partial charge >= 0.3 is 0 Å². The zero-order valence-electron chi connectivity index (χ0n) is 26.5. The van der Waals surface area contributed by atoms with Gasteiger partial charge in [0.05, 0.1) is 29.0 Å². The van der Waals surface area contributed by atoms with Crippen LogP contribution < -0.4 is 4.90 Å². The Bertz CT molecular complexity index is 1910. The molecule has 244 valence electrons. The lowest BCUT2D eigenvalue weighted by molar-refractivity contribution is -0.123. The molecule has 2 saturated heterocycles. The molecule has 2 fully saturated rings. The first-order chi connectivity index (χ1) is 22.6. The number of aryl methyl sites for hydroxylation is 1. The van der Waals surface area contributed by atoms with Crippen LogP contribution in [-0.2, 0) is 17.9 Å². The quantitative estimate of drug-likeness (QED) is 0.204. The van der Waals surface area contributed by atoms with Crippen LogP contribution in [0.2, 0.25) is 0 Å². The molecule has 10 nitrogen and oxygen atoms in total. The van der Waals surface area contributed by atoms with Crippen LogP contribution in [-0.4, -0.2) is 78.1 Å². The largest absolute Gasteiger partial charge is 0.335 e. The summed E-state index contributed by atoms with van der Waals surface area (Å²) in [5.74, 6) is -0.215. The number of rotatable bonds is 7. The number of piperazine rings is 1. The molecule has 3 atom stereocenters. The Hall–Kier alpha value is -3.94. The van der Waals surface area contributed by atoms with Crippen molar-refractivity contribution >= 4 is 55.0 Å². The van der Waals surface area contributed by atoms with E-state index in [-0.39, 0.29) is 35.8 Å². The summed E-state index contributed by atoms with van der Waals surface area (Å²) in [5, 5.41) is 14.5. The van der Waals surface area contributed by atoms with E-state index in [2.05, 4.69) is 50.1 Å². The molecule has 2 aromatic carbocycles. The number of halogens is 2. The first-order valence-electron chi connectivity index (χ1n) is 15.9. The van der Waals surface area contributed by atoms with Crippen LogP contribution in [0.15, 0.2) is 65.3 Å². The summed E-state index contributed by atoms with van der Waals surface area (Å²) in [6.45, 7) is 9.19. The number of benzene rings is 2. The molecule has 0 aliphatic carbocycles. The predicted molar refractivity (Wildman–Crippen MR) is 183 cm³/mol. The van der Waals surface area contributed by atoms with Crippen molar-refractivity contribution in [2.75, 3.05) is 24.5 Å². The second kappa shape index (κ2) is 12.9. The van der Waals surface area contributed by atoms with Crippen LogP contribution in [0.4, 0.5) is 10.1 Å². The molecule has 0 N–H and O–H groups in total. The van der Waals surface area contributed by atoms with Crippen molar-refractivity contribution in [3.8, 4) is 0 Å². The van der Waals surface area contributed by atoms with Crippen LogP contribution in [0.5, 0.6) is 0 Å². The molecule has 1 unspecified atom stereocenters. The van der Waals surface area contributed by atoms with E-state index in [1.807, 2.05) is 57.9 Å². The summed E-state index contributed by atoms with van der Waals surface area (Å²) in [6, 6.07) is 16.0. The van der Waals surface area contributed by atoms with Gasteiger partial charge in [0.2, 0.25) is 0 Å². The van der Waals surface area contributed by atoms with E-state index < -0.39 is 0 Å². The first-order valence-corrected chi connectivity index (χ1v) is 17.5. The summed E-state index contributed by atoms with van der Waals surface area (Å²) in [7, 11) is 0. The molecule has 0 radical (unpaired) electrons. The lowest BCUT2D eigenvalue weighted by atomic mass is 10.0. The second-order valence-corrected chi connectivity index (χ2v) is 14.5. The summed E-state index contributed by atoms with van der Waals surface area (Å²) in [5.41, 5.74) is 3.51. The number of amides is 2. The minimum atomic E-state index is -0.384. The Labute approximate surface area is 284 Å². The van der Waals surface area contributed by atoms with Crippen LogP contribution in [0, 0.1) is 12.7 Å². The molecule has 0 bridgehead atoms. The highest BCUT2D eigenvalue weighted by Crippen LogP contribution is 2.32. The molecular formula is C34H36BrFN8O2S. The number of aromatic nitrogens is 5. The first kappa shape index (κ1) is 31.6. The van der Waals surface area contributed by atoms with Gasteiger partial charge in [-0.2, -0.15) is 5.10 Å². The van der Waals surface area contributed by atoms with Gasteiger partial charge in [0, 0.05) is 53.8 Å². The minimum Gasteiger partial charge on any atom is -0.335 e. The zero-order chi connectivity index (χ0) is 32.8. The predicted octanol–water partition coefficient (Wildman–Crippen LogP) is 6.05. The monoisotopic (exact) mass is 718 g/mol. The smallest absolute Gasteiger partial charge is 0.264 e. The van der Waals surface area contributed by atoms with E-state index in [9.17, 15) is 14.0 Å². The zero-order valence-corrected chi connectivity index (χ0v) is 28.9. The minimum absolute atomic E-state index is 0.0226. The third-order valence-electron chi connectivity index (χ3n) is 9.22. The fourth-order valence-corrected chi connectivity index (χ4v) is 8.18. The van der Waals surface area contributed by atoms with Crippen molar-refractivity contribution < 1.29 is 14.0 Å². The molecule has 47 heavy (non-hydrogen) atoms. The van der Waals surface area contributed by atoms with E-state index in [0.29, 0.717) is 37.6 Å². The Morgan fingerprint density at radius 3 is 2.49 bits per heavy atom. The fourth-order valence-electron chi connectivity index (χ4n) is 6.78. The number of carbonyl (C=O) groups excluding carboxylic acids is 2. The molecule has 3 aromatic heterocycles. The molecule has 7 rings (SSSR count). The molecule has 0 saturated carbocycles. The van der Waals surface area contributed by atoms with Crippen molar-refractivity contribution in [1.29, 1.82) is 0 Å². The number of anilines is 1. The van der Waals surface area contributed by atoms with E-state index in [1.165, 1.54) is 23.5 Å². The lowest BCUT2D eigenvalue weighted by Gasteiger charge is -2.44. The summed E-state index contributed by atoms with van der Waals surface area (Å²) in [4.78, 5) is 35.0. The maximum atomic E-state index is 13.8. The van der Waals surface area contributed by atoms with Crippen molar-refractivity contribution in [2.45, 2.75) is 64.8 Å². The van der Waals surface area contributed by atoms with Gasteiger partial charge in [0.25, 0.3) is 11.8 Å². The summed E-state index contributed by atoms with van der Waals surface area (Å²) < 4.78 is 18.0. The maximum absolute atomic E-state index is 13.8. The number of carbonyl (C=O) groups is 2. The Morgan fingerprint density at radius 1 is 1.04 bits per heavy atom. The number of hydrogen-bond acceptors (Lipinski definition) is 7. The molecule has 5 aromatic rings. The molecular weight excluding hydrogens is 683 g/mol. The number of hydrogen-bond donors (Lipinski definition) is 0. The average Bonchev–Trinajstić information content (AvgIpc) is 3.78. The van der Waals surface area contributed by atoms with Crippen LogP contribution in [0.3, 0.4) is 0 Å². The van der Waals surface area contributed by atoms with Gasteiger partial charge in [-0.15, -0.1) is 16.4 Å². The normalized spacial score (nSPS) is 20.8. The van der Waals surface area contributed by atoms with Gasteiger partial charge in [-0.1, -0.05) is 33.3 Å². The Kier molecular flexibility index (Phi) is 8.71. The lowest BCUT2D eigenvalue weighted by Crippen LogP contribution is -2.57. The van der Waals surface area contributed by atoms with Crippen molar-refractivity contribution in [3.63, 3.8) is 0 Å². The number of nitrogens with zero attached hydrogens (tertiary/aromatic N) is 8. The SMILES string of the molecule is Cc1nn(Cc2ccc(F)cc2)c2sc(C(=O)N3C[C@@H](C)N(Cc4cn(C5CCCN(c6ccc(Br)cc6)C5=O)nn4)[C@@H](C)C3)cc12. The summed E-state index contributed by atoms with van der Waals surface area (Å²) in [6.07, 6.45) is 3.51. The number of piperidine rings is 1. The van der Waals surface area contributed by atoms with Crippen LogP contribution in [0.25, 0.3) is 10.2 Å². The van der Waals surface area contributed by atoms with E-state index in [1.54, 1.807) is 16.8 Å². The maximum Gasteiger partial charge on any atom is 0.264 e. The molecule has 2 aliphatic rings. The van der Waals surface area contributed by atoms with Crippen molar-refractivity contribution in [2.24, 2.45) is 0 Å². The Morgan fingerprint density at radius 2 is 1.77 bits per heavy atom. The number of thiophene rings is 1. The highest BCUT2D eigenvalue weighted by molar-refractivity contribution is 9.10. The fraction of sp³-hybridized carbons (Fsp3) is 0.382. The van der Waals surface area contributed by atoms with Gasteiger partial charge < -0.3 is 9.80 Å². The molecule has 2 amide bonds.